The van der Waals surface area contributed by atoms with E-state index < -0.39 is 5.97 Å². The van der Waals surface area contributed by atoms with Gasteiger partial charge in [0.1, 0.15) is 11.1 Å². The monoisotopic (exact) mass is 360 g/mol. The van der Waals surface area contributed by atoms with Crippen molar-refractivity contribution in [2.24, 2.45) is 0 Å². The fourth-order valence-corrected chi connectivity index (χ4v) is 3.76. The van der Waals surface area contributed by atoms with Gasteiger partial charge < -0.3 is 5.11 Å². The standard InChI is InChI=1S/C21H16N2O2S/c1-14-11-18(15-7-3-2-4-8-15)19(12-22)20(23-14)26-13-16-9-5-6-10-17(16)21(24)25/h2-11H,13H2,1H3,(H,24,25). The molecule has 0 radical (unpaired) electrons. The number of thioether (sulfide) groups is 1. The van der Waals surface area contributed by atoms with Crippen LogP contribution in [-0.2, 0) is 5.75 Å². The second-order valence-corrected chi connectivity index (χ2v) is 6.68. The summed E-state index contributed by atoms with van der Waals surface area (Å²) in [4.78, 5) is 15.9. The second-order valence-electron chi connectivity index (χ2n) is 5.72. The molecule has 0 amide bonds. The number of aromatic nitrogens is 1. The van der Waals surface area contributed by atoms with Crippen molar-refractivity contribution in [3.63, 3.8) is 0 Å². The van der Waals surface area contributed by atoms with Crippen molar-refractivity contribution in [2.45, 2.75) is 17.7 Å². The highest BCUT2D eigenvalue weighted by Crippen LogP contribution is 2.32. The molecule has 0 saturated heterocycles. The number of hydrogen-bond donors (Lipinski definition) is 1. The highest BCUT2D eigenvalue weighted by atomic mass is 32.2. The zero-order chi connectivity index (χ0) is 18.5. The highest BCUT2D eigenvalue weighted by Gasteiger charge is 2.15. The molecule has 1 heterocycles. The van der Waals surface area contributed by atoms with Gasteiger partial charge >= 0.3 is 5.97 Å². The van der Waals surface area contributed by atoms with Gasteiger partial charge in [-0.2, -0.15) is 5.26 Å². The first-order valence-corrected chi connectivity index (χ1v) is 9.00. The van der Waals surface area contributed by atoms with Crippen LogP contribution in [0.4, 0.5) is 0 Å². The largest absolute Gasteiger partial charge is 0.478 e. The van der Waals surface area contributed by atoms with E-state index >= 15 is 0 Å². The van der Waals surface area contributed by atoms with Gasteiger partial charge in [-0.3, -0.25) is 0 Å². The zero-order valence-corrected chi connectivity index (χ0v) is 15.0. The van der Waals surface area contributed by atoms with Gasteiger partial charge in [0, 0.05) is 17.0 Å². The van der Waals surface area contributed by atoms with Gasteiger partial charge in [0.05, 0.1) is 11.1 Å². The molecule has 0 atom stereocenters. The van der Waals surface area contributed by atoms with Gasteiger partial charge in [0.15, 0.2) is 0 Å². The van der Waals surface area contributed by atoms with Crippen LogP contribution < -0.4 is 0 Å². The van der Waals surface area contributed by atoms with Crippen molar-refractivity contribution in [3.05, 3.63) is 83.0 Å². The molecule has 0 bridgehead atoms. The molecule has 0 spiro atoms. The predicted molar refractivity (Wildman–Crippen MR) is 102 cm³/mol. The maximum Gasteiger partial charge on any atom is 0.335 e. The van der Waals surface area contributed by atoms with E-state index in [2.05, 4.69) is 11.1 Å². The van der Waals surface area contributed by atoms with Crippen LogP contribution in [0.3, 0.4) is 0 Å². The minimum atomic E-state index is -0.955. The number of nitrogens with zero attached hydrogens (tertiary/aromatic N) is 2. The lowest BCUT2D eigenvalue weighted by molar-refractivity contribution is 0.0696. The van der Waals surface area contributed by atoms with E-state index in [-0.39, 0.29) is 5.56 Å². The molecule has 4 nitrogen and oxygen atoms in total. The number of rotatable bonds is 5. The Labute approximate surface area is 156 Å². The van der Waals surface area contributed by atoms with E-state index in [9.17, 15) is 15.2 Å². The Kier molecular flexibility index (Phi) is 5.35. The Balaban J connectivity index is 1.98. The Hall–Kier alpha value is -3.10. The van der Waals surface area contributed by atoms with Gasteiger partial charge in [0.2, 0.25) is 0 Å². The molecule has 2 aromatic carbocycles. The summed E-state index contributed by atoms with van der Waals surface area (Å²) in [5.74, 6) is -0.522. The second kappa shape index (κ2) is 7.85. The van der Waals surface area contributed by atoms with Crippen LogP contribution in [0.1, 0.15) is 27.2 Å². The molecule has 5 heteroatoms. The average Bonchev–Trinajstić information content (AvgIpc) is 2.66. The molecule has 1 N–H and O–H groups in total. The Bertz CT molecular complexity index is 995. The van der Waals surface area contributed by atoms with Crippen molar-refractivity contribution in [1.29, 1.82) is 5.26 Å². The van der Waals surface area contributed by atoms with Gasteiger partial charge in [-0.1, -0.05) is 48.5 Å². The molecule has 0 unspecified atom stereocenters. The molecule has 3 aromatic rings. The zero-order valence-electron chi connectivity index (χ0n) is 14.1. The van der Waals surface area contributed by atoms with E-state index in [0.717, 1.165) is 16.8 Å². The molecule has 1 aromatic heterocycles. The van der Waals surface area contributed by atoms with Crippen molar-refractivity contribution < 1.29 is 9.90 Å². The van der Waals surface area contributed by atoms with Crippen LogP contribution in [0.25, 0.3) is 11.1 Å². The van der Waals surface area contributed by atoms with Gasteiger partial charge in [-0.05, 0) is 30.2 Å². The van der Waals surface area contributed by atoms with E-state index in [0.29, 0.717) is 21.9 Å². The fraction of sp³-hybridized carbons (Fsp3) is 0.0952. The number of aromatic carboxylic acids is 1. The summed E-state index contributed by atoms with van der Waals surface area (Å²) in [5, 5.41) is 19.6. The third-order valence-corrected chi connectivity index (χ3v) is 4.95. The number of carboxylic acids is 1. The molecule has 26 heavy (non-hydrogen) atoms. The molecule has 0 aliphatic carbocycles. The van der Waals surface area contributed by atoms with Crippen molar-refractivity contribution in [3.8, 4) is 17.2 Å². The predicted octanol–water partition coefficient (Wildman–Crippen LogP) is 4.92. The Morgan fingerprint density at radius 3 is 2.54 bits per heavy atom. The van der Waals surface area contributed by atoms with Crippen molar-refractivity contribution in [2.75, 3.05) is 0 Å². The number of aryl methyl sites for hydroxylation is 1. The number of nitriles is 1. The van der Waals surface area contributed by atoms with Crippen LogP contribution in [0.5, 0.6) is 0 Å². The number of benzene rings is 2. The summed E-state index contributed by atoms with van der Waals surface area (Å²) in [6.07, 6.45) is 0. The summed E-state index contributed by atoms with van der Waals surface area (Å²) >= 11 is 1.38. The van der Waals surface area contributed by atoms with Gasteiger partial charge in [0.25, 0.3) is 0 Å². The highest BCUT2D eigenvalue weighted by molar-refractivity contribution is 7.98. The lowest BCUT2D eigenvalue weighted by Gasteiger charge is -2.11. The summed E-state index contributed by atoms with van der Waals surface area (Å²) in [5.41, 5.74) is 4.11. The minimum Gasteiger partial charge on any atom is -0.478 e. The maximum absolute atomic E-state index is 11.4. The van der Waals surface area contributed by atoms with Gasteiger partial charge in [-0.25, -0.2) is 9.78 Å². The van der Waals surface area contributed by atoms with Crippen molar-refractivity contribution in [1.82, 2.24) is 4.98 Å². The number of pyridine rings is 1. The minimum absolute atomic E-state index is 0.273. The first-order valence-electron chi connectivity index (χ1n) is 8.01. The number of hydrogen-bond acceptors (Lipinski definition) is 4. The molecule has 128 valence electrons. The quantitative estimate of drug-likeness (QED) is 0.654. The summed E-state index contributed by atoms with van der Waals surface area (Å²) < 4.78 is 0. The van der Waals surface area contributed by atoms with E-state index in [1.807, 2.05) is 49.4 Å². The van der Waals surface area contributed by atoms with Crippen LogP contribution in [0, 0.1) is 18.3 Å². The van der Waals surface area contributed by atoms with Crippen LogP contribution in [0.15, 0.2) is 65.7 Å². The smallest absolute Gasteiger partial charge is 0.335 e. The topological polar surface area (TPSA) is 74.0 Å². The van der Waals surface area contributed by atoms with Crippen LogP contribution in [-0.4, -0.2) is 16.1 Å². The third kappa shape index (κ3) is 3.76. The first-order chi connectivity index (χ1) is 12.6. The lowest BCUT2D eigenvalue weighted by Crippen LogP contribution is -2.01. The molecular formula is C21H16N2O2S. The molecule has 0 fully saturated rings. The number of carboxylic acid groups (broad SMARTS) is 1. The summed E-state index contributed by atoms with van der Waals surface area (Å²) in [6, 6.07) is 20.8. The normalized spacial score (nSPS) is 10.3. The maximum atomic E-state index is 11.4. The lowest BCUT2D eigenvalue weighted by atomic mass is 10.0. The molecule has 3 rings (SSSR count). The fourth-order valence-electron chi connectivity index (χ4n) is 2.70. The van der Waals surface area contributed by atoms with Gasteiger partial charge in [-0.15, -0.1) is 11.8 Å². The molecular weight excluding hydrogens is 344 g/mol. The molecule has 0 saturated carbocycles. The molecule has 0 aliphatic heterocycles. The Morgan fingerprint density at radius 2 is 1.85 bits per heavy atom. The summed E-state index contributed by atoms with van der Waals surface area (Å²) in [6.45, 7) is 1.89. The third-order valence-electron chi connectivity index (χ3n) is 3.92. The first kappa shape index (κ1) is 17.7. The van der Waals surface area contributed by atoms with Crippen LogP contribution in [0.2, 0.25) is 0 Å². The summed E-state index contributed by atoms with van der Waals surface area (Å²) in [7, 11) is 0. The average molecular weight is 360 g/mol. The van der Waals surface area contributed by atoms with E-state index in [1.54, 1.807) is 18.2 Å². The van der Waals surface area contributed by atoms with Crippen molar-refractivity contribution >= 4 is 17.7 Å². The van der Waals surface area contributed by atoms with E-state index in [1.165, 1.54) is 11.8 Å². The SMILES string of the molecule is Cc1cc(-c2ccccc2)c(C#N)c(SCc2ccccc2C(=O)O)n1. The van der Waals surface area contributed by atoms with E-state index in [4.69, 9.17) is 0 Å². The van der Waals surface area contributed by atoms with Crippen LogP contribution >= 0.6 is 11.8 Å². The number of carbonyl (C=O) groups is 1. The Morgan fingerprint density at radius 1 is 1.15 bits per heavy atom. The molecule has 0 aliphatic rings.